The Kier molecular flexibility index (Phi) is 3.09. The van der Waals surface area contributed by atoms with E-state index in [0.717, 1.165) is 33.8 Å². The number of anilines is 2. The molecule has 0 radical (unpaired) electrons. The van der Waals surface area contributed by atoms with Crippen LogP contribution in [0.4, 0.5) is 11.4 Å². The predicted molar refractivity (Wildman–Crippen MR) is 83.9 cm³/mol. The Hall–Kier alpha value is -2.81. The van der Waals surface area contributed by atoms with Crippen LogP contribution < -0.4 is 11.5 Å². The quantitative estimate of drug-likeness (QED) is 0.693. The van der Waals surface area contributed by atoms with Crippen molar-refractivity contribution < 1.29 is 0 Å². The molecule has 0 aliphatic carbocycles. The summed E-state index contributed by atoms with van der Waals surface area (Å²) in [7, 11) is 0. The highest BCUT2D eigenvalue weighted by Crippen LogP contribution is 2.32. The van der Waals surface area contributed by atoms with Crippen LogP contribution in [-0.2, 0) is 0 Å². The molecule has 0 bridgehead atoms. The Balaban J connectivity index is 2.19. The first-order chi connectivity index (χ1) is 9.74. The fraction of sp³-hybridized carbons (Fsp3) is 0. The van der Waals surface area contributed by atoms with E-state index in [1.807, 2.05) is 60.7 Å². The minimum atomic E-state index is 0.727. The van der Waals surface area contributed by atoms with Gasteiger partial charge in [0.15, 0.2) is 0 Å². The molecule has 0 saturated heterocycles. The van der Waals surface area contributed by atoms with Crippen LogP contribution >= 0.6 is 0 Å². The van der Waals surface area contributed by atoms with Crippen LogP contribution in [0.2, 0.25) is 0 Å². The van der Waals surface area contributed by atoms with Gasteiger partial charge in [0, 0.05) is 23.1 Å². The number of hydrogen-bond acceptors (Lipinski definition) is 3. The van der Waals surface area contributed by atoms with Gasteiger partial charge in [-0.25, -0.2) is 0 Å². The van der Waals surface area contributed by atoms with E-state index in [4.69, 9.17) is 11.5 Å². The van der Waals surface area contributed by atoms with Crippen molar-refractivity contribution in [1.29, 1.82) is 0 Å². The minimum Gasteiger partial charge on any atom is -0.399 e. The lowest BCUT2D eigenvalue weighted by atomic mass is 9.96. The molecule has 0 aliphatic heterocycles. The van der Waals surface area contributed by atoms with Crippen molar-refractivity contribution in [3.05, 3.63) is 66.9 Å². The second kappa shape index (κ2) is 5.05. The summed E-state index contributed by atoms with van der Waals surface area (Å²) in [6, 6.07) is 19.5. The second-order valence-corrected chi connectivity index (χ2v) is 4.64. The molecule has 0 fully saturated rings. The van der Waals surface area contributed by atoms with E-state index in [1.54, 1.807) is 6.20 Å². The molecule has 2 aromatic carbocycles. The monoisotopic (exact) mass is 261 g/mol. The van der Waals surface area contributed by atoms with E-state index in [1.165, 1.54) is 0 Å². The predicted octanol–water partition coefficient (Wildman–Crippen LogP) is 3.58. The fourth-order valence-corrected chi connectivity index (χ4v) is 2.21. The molecular weight excluding hydrogens is 246 g/mol. The number of rotatable bonds is 2. The number of hydrogen-bond donors (Lipinski definition) is 2. The van der Waals surface area contributed by atoms with Gasteiger partial charge in [0.05, 0.1) is 5.69 Å². The van der Waals surface area contributed by atoms with Crippen LogP contribution in [0.5, 0.6) is 0 Å². The molecule has 3 aromatic rings. The fourth-order valence-electron chi connectivity index (χ4n) is 2.21. The molecule has 3 rings (SSSR count). The van der Waals surface area contributed by atoms with Gasteiger partial charge in [-0.2, -0.15) is 0 Å². The van der Waals surface area contributed by atoms with Gasteiger partial charge >= 0.3 is 0 Å². The van der Waals surface area contributed by atoms with Crippen molar-refractivity contribution in [3.63, 3.8) is 0 Å². The maximum Gasteiger partial charge on any atom is 0.0708 e. The van der Waals surface area contributed by atoms with Crippen LogP contribution in [-0.4, -0.2) is 4.98 Å². The summed E-state index contributed by atoms with van der Waals surface area (Å²) in [5.74, 6) is 0. The molecule has 1 aromatic heterocycles. The second-order valence-electron chi connectivity index (χ2n) is 4.64. The van der Waals surface area contributed by atoms with Crippen molar-refractivity contribution in [3.8, 4) is 22.4 Å². The van der Waals surface area contributed by atoms with Crippen molar-refractivity contribution in [1.82, 2.24) is 4.98 Å². The van der Waals surface area contributed by atoms with Gasteiger partial charge in [0.25, 0.3) is 0 Å². The van der Waals surface area contributed by atoms with E-state index in [0.29, 0.717) is 0 Å². The van der Waals surface area contributed by atoms with Crippen LogP contribution in [0.1, 0.15) is 0 Å². The third kappa shape index (κ3) is 2.34. The van der Waals surface area contributed by atoms with E-state index in [-0.39, 0.29) is 0 Å². The lowest BCUT2D eigenvalue weighted by Crippen LogP contribution is -1.92. The van der Waals surface area contributed by atoms with Gasteiger partial charge in [-0.05, 0) is 47.5 Å². The zero-order valence-corrected chi connectivity index (χ0v) is 11.0. The lowest BCUT2D eigenvalue weighted by Gasteiger charge is -2.10. The molecule has 0 aliphatic rings. The van der Waals surface area contributed by atoms with Crippen LogP contribution in [0.3, 0.4) is 0 Å². The number of pyridine rings is 1. The normalized spacial score (nSPS) is 10.4. The summed E-state index contributed by atoms with van der Waals surface area (Å²) in [5, 5.41) is 0. The third-order valence-corrected chi connectivity index (χ3v) is 3.21. The van der Waals surface area contributed by atoms with Gasteiger partial charge in [0.2, 0.25) is 0 Å². The molecule has 4 N–H and O–H groups in total. The van der Waals surface area contributed by atoms with Crippen molar-refractivity contribution >= 4 is 11.4 Å². The Morgan fingerprint density at radius 1 is 0.700 bits per heavy atom. The molecule has 98 valence electrons. The number of nitrogens with two attached hydrogens (primary N) is 2. The van der Waals surface area contributed by atoms with E-state index in [9.17, 15) is 0 Å². The zero-order valence-electron chi connectivity index (χ0n) is 11.0. The molecule has 0 amide bonds. The van der Waals surface area contributed by atoms with Crippen molar-refractivity contribution in [2.24, 2.45) is 0 Å². The molecular formula is C17H15N3. The average Bonchev–Trinajstić information content (AvgIpc) is 2.49. The number of nitrogens with zero attached hydrogens (tertiary/aromatic N) is 1. The van der Waals surface area contributed by atoms with Crippen LogP contribution in [0, 0.1) is 0 Å². The van der Waals surface area contributed by atoms with Gasteiger partial charge < -0.3 is 11.5 Å². The first kappa shape index (κ1) is 12.2. The number of aromatic nitrogens is 1. The van der Waals surface area contributed by atoms with Crippen LogP contribution in [0.25, 0.3) is 22.4 Å². The minimum absolute atomic E-state index is 0.727. The molecule has 0 spiro atoms. The maximum atomic E-state index is 5.92. The number of benzene rings is 2. The third-order valence-electron chi connectivity index (χ3n) is 3.21. The van der Waals surface area contributed by atoms with E-state index in [2.05, 4.69) is 4.98 Å². The molecule has 3 heteroatoms. The Labute approximate surface area is 117 Å². The summed E-state index contributed by atoms with van der Waals surface area (Å²) in [6.45, 7) is 0. The van der Waals surface area contributed by atoms with E-state index >= 15 is 0 Å². The van der Waals surface area contributed by atoms with Gasteiger partial charge in [-0.1, -0.05) is 24.3 Å². The number of nitrogen functional groups attached to an aromatic ring is 2. The van der Waals surface area contributed by atoms with Gasteiger partial charge in [0.1, 0.15) is 0 Å². The molecule has 0 saturated carbocycles. The first-order valence-corrected chi connectivity index (χ1v) is 6.41. The van der Waals surface area contributed by atoms with Gasteiger partial charge in [-0.3, -0.25) is 4.98 Å². The highest BCUT2D eigenvalue weighted by Gasteiger charge is 2.08. The lowest BCUT2D eigenvalue weighted by molar-refractivity contribution is 1.33. The standard InChI is InChI=1S/C17H15N3/c18-13-6-4-12(5-7-13)15-9-8-14(19)11-16(15)17-3-1-2-10-20-17/h1-11H,18-19H2. The average molecular weight is 261 g/mol. The van der Waals surface area contributed by atoms with E-state index < -0.39 is 0 Å². The SMILES string of the molecule is Nc1ccc(-c2ccc(N)cc2-c2ccccn2)cc1. The topological polar surface area (TPSA) is 64.9 Å². The molecule has 1 heterocycles. The van der Waals surface area contributed by atoms with Crippen molar-refractivity contribution in [2.45, 2.75) is 0 Å². The molecule has 3 nitrogen and oxygen atoms in total. The highest BCUT2D eigenvalue weighted by molar-refractivity contribution is 5.84. The molecule has 0 unspecified atom stereocenters. The summed E-state index contributed by atoms with van der Waals surface area (Å²) in [6.07, 6.45) is 1.78. The molecule has 0 atom stereocenters. The summed E-state index contributed by atoms with van der Waals surface area (Å²) in [5.41, 5.74) is 17.3. The van der Waals surface area contributed by atoms with Crippen LogP contribution in [0.15, 0.2) is 66.9 Å². The zero-order chi connectivity index (χ0) is 13.9. The highest BCUT2D eigenvalue weighted by atomic mass is 14.7. The first-order valence-electron chi connectivity index (χ1n) is 6.41. The smallest absolute Gasteiger partial charge is 0.0708 e. The van der Waals surface area contributed by atoms with Crippen molar-refractivity contribution in [2.75, 3.05) is 11.5 Å². The summed E-state index contributed by atoms with van der Waals surface area (Å²) in [4.78, 5) is 4.41. The molecule has 20 heavy (non-hydrogen) atoms. The summed E-state index contributed by atoms with van der Waals surface area (Å²) < 4.78 is 0. The Morgan fingerprint density at radius 2 is 1.45 bits per heavy atom. The summed E-state index contributed by atoms with van der Waals surface area (Å²) >= 11 is 0. The Morgan fingerprint density at radius 3 is 2.15 bits per heavy atom. The Bertz CT molecular complexity index is 719. The maximum absolute atomic E-state index is 5.92. The largest absolute Gasteiger partial charge is 0.399 e. The van der Waals surface area contributed by atoms with Gasteiger partial charge in [-0.15, -0.1) is 0 Å².